The summed E-state index contributed by atoms with van der Waals surface area (Å²) in [4.78, 5) is 0. The van der Waals surface area contributed by atoms with Crippen molar-refractivity contribution in [1.29, 1.82) is 0 Å². The molecule has 0 aromatic carbocycles. The van der Waals surface area contributed by atoms with E-state index in [4.69, 9.17) is 4.74 Å². The van der Waals surface area contributed by atoms with Gasteiger partial charge in [0.15, 0.2) is 0 Å². The molecule has 0 aromatic rings. The van der Waals surface area contributed by atoms with Crippen molar-refractivity contribution in [3.63, 3.8) is 0 Å². The van der Waals surface area contributed by atoms with E-state index < -0.39 is 0 Å². The van der Waals surface area contributed by atoms with Gasteiger partial charge in [0, 0.05) is 12.4 Å². The lowest BCUT2D eigenvalue weighted by atomic mass is 10.4. The molecule has 0 amide bonds. The number of methoxy groups -OCH3 is 1. The molecule has 0 saturated carbocycles. The monoisotopic (exact) mass is 164 g/mol. The molecule has 42 valence electrons. The third-order valence-electron chi connectivity index (χ3n) is 0.718. The highest BCUT2D eigenvalue weighted by Crippen LogP contribution is 1.94. The molecule has 0 N–H and O–H groups in total. The molecule has 0 aliphatic carbocycles. The van der Waals surface area contributed by atoms with E-state index in [9.17, 15) is 0 Å². The van der Waals surface area contributed by atoms with E-state index >= 15 is 0 Å². The molecule has 1 unspecified atom stereocenters. The molecule has 0 spiro atoms. The van der Waals surface area contributed by atoms with Crippen LogP contribution in [0.5, 0.6) is 0 Å². The van der Waals surface area contributed by atoms with E-state index in [2.05, 4.69) is 22.5 Å². The summed E-state index contributed by atoms with van der Waals surface area (Å²) >= 11 is 3.24. The van der Waals surface area contributed by atoms with Crippen molar-refractivity contribution in [2.24, 2.45) is 0 Å². The maximum absolute atomic E-state index is 4.88. The number of ether oxygens (including phenoxy) is 1. The Labute approximate surface area is 52.5 Å². The zero-order chi connectivity index (χ0) is 5.70. The van der Waals surface area contributed by atoms with Crippen LogP contribution in [-0.4, -0.2) is 18.5 Å². The Morgan fingerprint density at radius 1 is 2.00 bits per heavy atom. The van der Waals surface area contributed by atoms with Crippen molar-refractivity contribution in [3.8, 4) is 0 Å². The minimum absolute atomic E-state index is 0.167. The standard InChI is InChI=1S/C5H9BrO/c1-3-5(4-6)7-2/h3,5H,1,4H2,2H3. The Hall–Kier alpha value is 0.180. The predicted octanol–water partition coefficient (Wildman–Crippen LogP) is 1.58. The second-order valence-corrected chi connectivity index (χ2v) is 1.81. The number of alkyl halides is 1. The topological polar surface area (TPSA) is 9.23 Å². The molecule has 0 saturated heterocycles. The van der Waals surface area contributed by atoms with Crippen LogP contribution in [0.2, 0.25) is 0 Å². The summed E-state index contributed by atoms with van der Waals surface area (Å²) in [6.07, 6.45) is 1.93. The summed E-state index contributed by atoms with van der Waals surface area (Å²) in [7, 11) is 1.66. The molecule has 1 nitrogen and oxygen atoms in total. The normalized spacial score (nSPS) is 13.4. The van der Waals surface area contributed by atoms with Gasteiger partial charge in [0.05, 0.1) is 6.10 Å². The molecule has 0 bridgehead atoms. The first-order chi connectivity index (χ1) is 3.35. The van der Waals surface area contributed by atoms with E-state index in [-0.39, 0.29) is 6.10 Å². The highest BCUT2D eigenvalue weighted by atomic mass is 79.9. The quantitative estimate of drug-likeness (QED) is 0.455. The third kappa shape index (κ3) is 2.83. The van der Waals surface area contributed by atoms with Crippen LogP contribution in [0.15, 0.2) is 12.7 Å². The lowest BCUT2D eigenvalue weighted by molar-refractivity contribution is 0.161. The zero-order valence-electron chi connectivity index (χ0n) is 4.36. The highest BCUT2D eigenvalue weighted by molar-refractivity contribution is 9.09. The summed E-state index contributed by atoms with van der Waals surface area (Å²) in [5.41, 5.74) is 0. The second kappa shape index (κ2) is 4.34. The minimum Gasteiger partial charge on any atom is -0.377 e. The number of halogens is 1. The van der Waals surface area contributed by atoms with Gasteiger partial charge in [0.25, 0.3) is 0 Å². The molecule has 0 aromatic heterocycles. The molecule has 2 heteroatoms. The van der Waals surface area contributed by atoms with Gasteiger partial charge in [0.1, 0.15) is 0 Å². The maximum atomic E-state index is 4.88. The number of hydrogen-bond donors (Lipinski definition) is 0. The Kier molecular flexibility index (Phi) is 4.45. The first-order valence-corrected chi connectivity index (χ1v) is 3.18. The van der Waals surface area contributed by atoms with Crippen LogP contribution in [0.25, 0.3) is 0 Å². The van der Waals surface area contributed by atoms with Gasteiger partial charge < -0.3 is 4.74 Å². The van der Waals surface area contributed by atoms with Crippen molar-refractivity contribution < 1.29 is 4.74 Å². The summed E-state index contributed by atoms with van der Waals surface area (Å²) < 4.78 is 4.88. The van der Waals surface area contributed by atoms with Crippen LogP contribution in [0.3, 0.4) is 0 Å². The summed E-state index contributed by atoms with van der Waals surface area (Å²) in [6.45, 7) is 3.55. The van der Waals surface area contributed by atoms with Crippen molar-refractivity contribution in [2.45, 2.75) is 6.10 Å². The van der Waals surface area contributed by atoms with Crippen LogP contribution in [0.4, 0.5) is 0 Å². The van der Waals surface area contributed by atoms with Crippen LogP contribution >= 0.6 is 15.9 Å². The van der Waals surface area contributed by atoms with Crippen LogP contribution in [0, 0.1) is 0 Å². The van der Waals surface area contributed by atoms with E-state index in [0.717, 1.165) is 5.33 Å². The van der Waals surface area contributed by atoms with Gasteiger partial charge in [-0.05, 0) is 0 Å². The van der Waals surface area contributed by atoms with Gasteiger partial charge in [-0.25, -0.2) is 0 Å². The molecule has 0 fully saturated rings. The van der Waals surface area contributed by atoms with Crippen LogP contribution in [-0.2, 0) is 4.74 Å². The Bertz CT molecular complexity index is 50.0. The molecule has 1 atom stereocenters. The average molecular weight is 165 g/mol. The Balaban J connectivity index is 3.16. The molecule has 0 heterocycles. The van der Waals surface area contributed by atoms with E-state index in [1.54, 1.807) is 13.2 Å². The van der Waals surface area contributed by atoms with Gasteiger partial charge >= 0.3 is 0 Å². The van der Waals surface area contributed by atoms with Crippen LogP contribution in [0.1, 0.15) is 0 Å². The molecule has 0 aliphatic heterocycles. The fourth-order valence-corrected chi connectivity index (χ4v) is 0.751. The largest absolute Gasteiger partial charge is 0.377 e. The molecule has 0 rings (SSSR count). The highest BCUT2D eigenvalue weighted by Gasteiger charge is 1.93. The molecule has 7 heavy (non-hydrogen) atoms. The first kappa shape index (κ1) is 7.18. The first-order valence-electron chi connectivity index (χ1n) is 2.06. The zero-order valence-corrected chi connectivity index (χ0v) is 5.94. The Morgan fingerprint density at radius 3 is 2.57 bits per heavy atom. The van der Waals surface area contributed by atoms with Crippen molar-refractivity contribution >= 4 is 15.9 Å². The average Bonchev–Trinajstić information content (AvgIpc) is 1.72. The second-order valence-electron chi connectivity index (χ2n) is 1.16. The summed E-state index contributed by atoms with van der Waals surface area (Å²) in [5.74, 6) is 0. The number of rotatable bonds is 3. The van der Waals surface area contributed by atoms with Crippen molar-refractivity contribution in [3.05, 3.63) is 12.7 Å². The van der Waals surface area contributed by atoms with E-state index in [1.165, 1.54) is 0 Å². The van der Waals surface area contributed by atoms with Gasteiger partial charge in [-0.15, -0.1) is 6.58 Å². The van der Waals surface area contributed by atoms with Gasteiger partial charge in [0.2, 0.25) is 0 Å². The summed E-state index contributed by atoms with van der Waals surface area (Å²) in [5, 5.41) is 0.826. The van der Waals surface area contributed by atoms with E-state index in [0.29, 0.717) is 0 Å². The Morgan fingerprint density at radius 2 is 2.57 bits per heavy atom. The minimum atomic E-state index is 0.167. The lowest BCUT2D eigenvalue weighted by Gasteiger charge is -2.02. The SMILES string of the molecule is C=CC(CBr)OC. The fourth-order valence-electron chi connectivity index (χ4n) is 0.222. The smallest absolute Gasteiger partial charge is 0.0846 e. The predicted molar refractivity (Wildman–Crippen MR) is 34.8 cm³/mol. The fraction of sp³-hybridized carbons (Fsp3) is 0.600. The molecular formula is C5H9BrO. The van der Waals surface area contributed by atoms with E-state index in [1.807, 2.05) is 0 Å². The molecule has 0 radical (unpaired) electrons. The number of hydrogen-bond acceptors (Lipinski definition) is 1. The van der Waals surface area contributed by atoms with Gasteiger partial charge in [-0.3, -0.25) is 0 Å². The summed E-state index contributed by atoms with van der Waals surface area (Å²) in [6, 6.07) is 0. The maximum Gasteiger partial charge on any atom is 0.0846 e. The molecule has 0 aliphatic rings. The van der Waals surface area contributed by atoms with Gasteiger partial charge in [-0.2, -0.15) is 0 Å². The van der Waals surface area contributed by atoms with Gasteiger partial charge in [-0.1, -0.05) is 22.0 Å². The molecular weight excluding hydrogens is 156 g/mol. The van der Waals surface area contributed by atoms with Crippen molar-refractivity contribution in [1.82, 2.24) is 0 Å². The van der Waals surface area contributed by atoms with Crippen molar-refractivity contribution in [2.75, 3.05) is 12.4 Å². The lowest BCUT2D eigenvalue weighted by Crippen LogP contribution is -2.06. The van der Waals surface area contributed by atoms with Crippen LogP contribution < -0.4 is 0 Å². The third-order valence-corrected chi connectivity index (χ3v) is 1.36.